The second-order valence-electron chi connectivity index (χ2n) is 4.59. The molecule has 0 aromatic carbocycles. The highest BCUT2D eigenvalue weighted by Gasteiger charge is 2.10. The Labute approximate surface area is 114 Å². The Morgan fingerprint density at radius 1 is 1.53 bits per heavy atom. The van der Waals surface area contributed by atoms with Crippen LogP contribution in [0.5, 0.6) is 0 Å². The number of carbonyl (C=O) groups excluding carboxylic acids is 1. The van der Waals surface area contributed by atoms with Crippen molar-refractivity contribution in [2.75, 3.05) is 26.8 Å². The second-order valence-corrected chi connectivity index (χ2v) is 4.59. The molecule has 0 saturated carbocycles. The van der Waals surface area contributed by atoms with Crippen LogP contribution in [-0.4, -0.2) is 48.5 Å². The van der Waals surface area contributed by atoms with Gasteiger partial charge in [0, 0.05) is 40.1 Å². The summed E-state index contributed by atoms with van der Waals surface area (Å²) in [6.45, 7) is 3.96. The number of aryl methyl sites for hydroxylation is 1. The van der Waals surface area contributed by atoms with Crippen molar-refractivity contribution in [1.82, 2.24) is 20.4 Å². The summed E-state index contributed by atoms with van der Waals surface area (Å²) in [5, 5.41) is 10.2. The van der Waals surface area contributed by atoms with Gasteiger partial charge >= 0.3 is 0 Å². The van der Waals surface area contributed by atoms with Gasteiger partial charge in [-0.2, -0.15) is 5.10 Å². The zero-order chi connectivity index (χ0) is 14.1. The van der Waals surface area contributed by atoms with E-state index in [0.717, 1.165) is 19.4 Å². The van der Waals surface area contributed by atoms with Crippen LogP contribution in [0.2, 0.25) is 0 Å². The van der Waals surface area contributed by atoms with Gasteiger partial charge in [-0.25, -0.2) is 0 Å². The number of hydrogen-bond donors (Lipinski definition) is 2. The fraction of sp³-hybridized carbons (Fsp3) is 0.692. The third kappa shape index (κ3) is 6.35. The molecule has 0 fully saturated rings. The molecule has 19 heavy (non-hydrogen) atoms. The molecule has 0 radical (unpaired) electrons. The van der Waals surface area contributed by atoms with Crippen molar-refractivity contribution in [3.05, 3.63) is 18.0 Å². The predicted octanol–water partition coefficient (Wildman–Crippen LogP) is 0.0934. The first-order chi connectivity index (χ1) is 9.13. The van der Waals surface area contributed by atoms with Crippen LogP contribution in [0.15, 0.2) is 12.4 Å². The lowest BCUT2D eigenvalue weighted by Crippen LogP contribution is -2.43. The van der Waals surface area contributed by atoms with Crippen molar-refractivity contribution < 1.29 is 9.53 Å². The summed E-state index contributed by atoms with van der Waals surface area (Å²) in [6, 6.07) is -0.181. The van der Waals surface area contributed by atoms with Crippen molar-refractivity contribution in [3.8, 4) is 0 Å². The molecule has 1 rings (SSSR count). The first-order valence-corrected chi connectivity index (χ1v) is 6.61. The normalized spacial score (nSPS) is 12.4. The van der Waals surface area contributed by atoms with E-state index in [1.54, 1.807) is 11.8 Å². The van der Waals surface area contributed by atoms with E-state index in [0.29, 0.717) is 13.2 Å². The molecule has 2 N–H and O–H groups in total. The highest BCUT2D eigenvalue weighted by atomic mass is 16.5. The van der Waals surface area contributed by atoms with Gasteiger partial charge in [-0.05, 0) is 25.3 Å². The SMILES string of the molecule is COCCCNC(=O)C(C)NCCc1cnn(C)c1. The molecule has 0 aliphatic heterocycles. The number of nitrogens with zero attached hydrogens (tertiary/aromatic N) is 2. The van der Waals surface area contributed by atoms with Crippen molar-refractivity contribution in [2.24, 2.45) is 7.05 Å². The molecule has 1 heterocycles. The van der Waals surface area contributed by atoms with Crippen LogP contribution in [-0.2, 0) is 23.0 Å². The second kappa shape index (κ2) is 8.66. The molecule has 1 atom stereocenters. The van der Waals surface area contributed by atoms with Gasteiger partial charge in [0.05, 0.1) is 12.2 Å². The minimum atomic E-state index is -0.181. The Hall–Kier alpha value is -1.40. The summed E-state index contributed by atoms with van der Waals surface area (Å²) in [6.07, 6.45) is 5.54. The Kier molecular flexibility index (Phi) is 7.14. The molecule has 1 aromatic heterocycles. The fourth-order valence-electron chi connectivity index (χ4n) is 1.71. The summed E-state index contributed by atoms with van der Waals surface area (Å²) < 4.78 is 6.70. The number of amides is 1. The van der Waals surface area contributed by atoms with Crippen LogP contribution in [0, 0.1) is 0 Å². The monoisotopic (exact) mass is 268 g/mol. The van der Waals surface area contributed by atoms with Crippen LogP contribution in [0.25, 0.3) is 0 Å². The average molecular weight is 268 g/mol. The maximum atomic E-state index is 11.7. The molecule has 1 unspecified atom stereocenters. The lowest BCUT2D eigenvalue weighted by Gasteiger charge is -2.13. The van der Waals surface area contributed by atoms with Crippen LogP contribution < -0.4 is 10.6 Å². The number of aromatic nitrogens is 2. The van der Waals surface area contributed by atoms with Gasteiger partial charge in [-0.15, -0.1) is 0 Å². The minimum absolute atomic E-state index is 0.0299. The quantitative estimate of drug-likeness (QED) is 0.623. The van der Waals surface area contributed by atoms with E-state index in [9.17, 15) is 4.79 Å². The van der Waals surface area contributed by atoms with Gasteiger partial charge < -0.3 is 15.4 Å². The summed E-state index contributed by atoms with van der Waals surface area (Å²) in [4.78, 5) is 11.7. The number of methoxy groups -OCH3 is 1. The van der Waals surface area contributed by atoms with Gasteiger partial charge in [-0.3, -0.25) is 9.48 Å². The number of carbonyl (C=O) groups is 1. The average Bonchev–Trinajstić information content (AvgIpc) is 2.80. The third-order valence-corrected chi connectivity index (χ3v) is 2.84. The maximum Gasteiger partial charge on any atom is 0.236 e. The molecule has 0 bridgehead atoms. The van der Waals surface area contributed by atoms with E-state index >= 15 is 0 Å². The molecule has 0 saturated heterocycles. The van der Waals surface area contributed by atoms with Crippen LogP contribution >= 0.6 is 0 Å². The molecule has 0 aliphatic carbocycles. The van der Waals surface area contributed by atoms with E-state index in [1.165, 1.54) is 5.56 Å². The van der Waals surface area contributed by atoms with Gasteiger partial charge in [0.25, 0.3) is 0 Å². The van der Waals surface area contributed by atoms with Crippen molar-refractivity contribution in [2.45, 2.75) is 25.8 Å². The summed E-state index contributed by atoms with van der Waals surface area (Å²) in [5.74, 6) is 0.0299. The first kappa shape index (κ1) is 15.7. The van der Waals surface area contributed by atoms with Gasteiger partial charge in [-0.1, -0.05) is 0 Å². The lowest BCUT2D eigenvalue weighted by atomic mass is 10.2. The molecule has 1 aromatic rings. The maximum absolute atomic E-state index is 11.7. The van der Waals surface area contributed by atoms with Crippen molar-refractivity contribution in [1.29, 1.82) is 0 Å². The largest absolute Gasteiger partial charge is 0.385 e. The minimum Gasteiger partial charge on any atom is -0.385 e. The van der Waals surface area contributed by atoms with Crippen LogP contribution in [0.1, 0.15) is 18.9 Å². The lowest BCUT2D eigenvalue weighted by molar-refractivity contribution is -0.122. The van der Waals surface area contributed by atoms with E-state index in [2.05, 4.69) is 15.7 Å². The highest BCUT2D eigenvalue weighted by Crippen LogP contribution is 1.96. The fourth-order valence-corrected chi connectivity index (χ4v) is 1.71. The van der Waals surface area contributed by atoms with Gasteiger partial charge in [0.15, 0.2) is 0 Å². The molecule has 6 heteroatoms. The summed E-state index contributed by atoms with van der Waals surface area (Å²) >= 11 is 0. The molecule has 6 nitrogen and oxygen atoms in total. The Morgan fingerprint density at radius 2 is 2.32 bits per heavy atom. The molecular weight excluding hydrogens is 244 g/mol. The van der Waals surface area contributed by atoms with Gasteiger partial charge in [0.2, 0.25) is 5.91 Å². The first-order valence-electron chi connectivity index (χ1n) is 6.61. The zero-order valence-corrected chi connectivity index (χ0v) is 12.0. The number of hydrogen-bond acceptors (Lipinski definition) is 4. The van der Waals surface area contributed by atoms with Crippen LogP contribution in [0.3, 0.4) is 0 Å². The van der Waals surface area contributed by atoms with E-state index in [4.69, 9.17) is 4.74 Å². The number of nitrogens with one attached hydrogen (secondary N) is 2. The third-order valence-electron chi connectivity index (χ3n) is 2.84. The van der Waals surface area contributed by atoms with E-state index in [-0.39, 0.29) is 11.9 Å². The van der Waals surface area contributed by atoms with Crippen molar-refractivity contribution in [3.63, 3.8) is 0 Å². The molecular formula is C13H24N4O2. The summed E-state index contributed by atoms with van der Waals surface area (Å²) in [5.41, 5.74) is 1.17. The molecule has 108 valence electrons. The van der Waals surface area contributed by atoms with Crippen molar-refractivity contribution >= 4 is 5.91 Å². The zero-order valence-electron chi connectivity index (χ0n) is 12.0. The molecule has 0 aliphatic rings. The summed E-state index contributed by atoms with van der Waals surface area (Å²) in [7, 11) is 3.55. The van der Waals surface area contributed by atoms with Crippen LogP contribution in [0.4, 0.5) is 0 Å². The Bertz CT molecular complexity index is 378. The van der Waals surface area contributed by atoms with E-state index in [1.807, 2.05) is 26.4 Å². The smallest absolute Gasteiger partial charge is 0.236 e. The number of rotatable bonds is 9. The molecule has 1 amide bonds. The Morgan fingerprint density at radius 3 is 2.95 bits per heavy atom. The standard InChI is InChI=1S/C13H24N4O2/c1-11(13(18)15-6-4-8-19-3)14-7-5-12-9-16-17(2)10-12/h9-11,14H,4-8H2,1-3H3,(H,15,18). The highest BCUT2D eigenvalue weighted by molar-refractivity contribution is 5.81. The predicted molar refractivity (Wildman–Crippen MR) is 73.9 cm³/mol. The van der Waals surface area contributed by atoms with E-state index < -0.39 is 0 Å². The Balaban J connectivity index is 2.12. The molecule has 0 spiro atoms. The van der Waals surface area contributed by atoms with Gasteiger partial charge in [0.1, 0.15) is 0 Å². The number of ether oxygens (including phenoxy) is 1. The topological polar surface area (TPSA) is 68.2 Å².